The topological polar surface area (TPSA) is 12.0 Å². The van der Waals surface area contributed by atoms with Gasteiger partial charge in [0, 0.05) is 12.2 Å². The summed E-state index contributed by atoms with van der Waals surface area (Å²) in [5.74, 6) is 0.524. The van der Waals surface area contributed by atoms with Crippen LogP contribution in [-0.2, 0) is 6.42 Å². The van der Waals surface area contributed by atoms with Gasteiger partial charge in [-0.3, -0.25) is 0 Å². The molecule has 1 nitrogen and oxygen atoms in total. The second-order valence-electron chi connectivity index (χ2n) is 5.85. The molecule has 0 aromatic heterocycles. The Hall–Kier alpha value is -1.76. The van der Waals surface area contributed by atoms with E-state index in [0.29, 0.717) is 5.92 Å². The smallest absolute Gasteiger partial charge is 0.0340 e. The molecule has 0 spiro atoms. The Morgan fingerprint density at radius 3 is 2.29 bits per heavy atom. The van der Waals surface area contributed by atoms with Gasteiger partial charge in [0.15, 0.2) is 0 Å². The zero-order chi connectivity index (χ0) is 14.9. The zero-order valence-electron chi connectivity index (χ0n) is 13.3. The molecule has 21 heavy (non-hydrogen) atoms. The van der Waals surface area contributed by atoms with Crippen molar-refractivity contribution in [1.82, 2.24) is 0 Å². The van der Waals surface area contributed by atoms with Gasteiger partial charge in [-0.15, -0.1) is 0 Å². The summed E-state index contributed by atoms with van der Waals surface area (Å²) in [6.07, 6.45) is 5.12. The molecule has 2 aromatic carbocycles. The normalized spacial score (nSPS) is 12.1. The molecular formula is C20H27N. The van der Waals surface area contributed by atoms with Crippen molar-refractivity contribution in [3.05, 3.63) is 65.7 Å². The molecule has 1 atom stereocenters. The molecule has 0 aliphatic rings. The first kappa shape index (κ1) is 15.6. The maximum absolute atomic E-state index is 3.54. The Morgan fingerprint density at radius 2 is 1.62 bits per heavy atom. The van der Waals surface area contributed by atoms with Crippen molar-refractivity contribution in [2.24, 2.45) is 0 Å². The maximum atomic E-state index is 3.54. The Morgan fingerprint density at radius 1 is 0.905 bits per heavy atom. The van der Waals surface area contributed by atoms with Crippen LogP contribution in [0.3, 0.4) is 0 Å². The van der Waals surface area contributed by atoms with Crippen LogP contribution in [-0.4, -0.2) is 6.54 Å². The zero-order valence-corrected chi connectivity index (χ0v) is 13.3. The van der Waals surface area contributed by atoms with Crippen molar-refractivity contribution >= 4 is 5.69 Å². The van der Waals surface area contributed by atoms with Gasteiger partial charge in [0.1, 0.15) is 0 Å². The molecule has 2 rings (SSSR count). The molecule has 0 fully saturated rings. The third-order valence-electron chi connectivity index (χ3n) is 4.00. The van der Waals surface area contributed by atoms with Crippen LogP contribution in [0.25, 0.3) is 0 Å². The van der Waals surface area contributed by atoms with Crippen LogP contribution in [0, 0.1) is 0 Å². The average molecular weight is 281 g/mol. The van der Waals surface area contributed by atoms with E-state index >= 15 is 0 Å². The first-order chi connectivity index (χ1) is 10.3. The van der Waals surface area contributed by atoms with E-state index in [2.05, 4.69) is 73.8 Å². The second-order valence-corrected chi connectivity index (χ2v) is 5.85. The fraction of sp³-hybridized carbons (Fsp3) is 0.400. The third kappa shape index (κ3) is 5.26. The lowest BCUT2D eigenvalue weighted by molar-refractivity contribution is 0.717. The number of rotatable bonds is 8. The molecule has 112 valence electrons. The van der Waals surface area contributed by atoms with E-state index in [-0.39, 0.29) is 0 Å². The van der Waals surface area contributed by atoms with Crippen molar-refractivity contribution < 1.29 is 0 Å². The summed E-state index contributed by atoms with van der Waals surface area (Å²) in [4.78, 5) is 0. The molecule has 1 unspecified atom stereocenters. The summed E-state index contributed by atoms with van der Waals surface area (Å²) in [5.41, 5.74) is 4.06. The molecule has 0 aliphatic carbocycles. The monoisotopic (exact) mass is 281 g/mol. The lowest BCUT2D eigenvalue weighted by atomic mass is 10.0. The highest BCUT2D eigenvalue weighted by Gasteiger charge is 2.04. The number of unbranched alkanes of at least 4 members (excludes halogenated alkanes) is 2. The molecule has 0 heterocycles. The van der Waals surface area contributed by atoms with E-state index < -0.39 is 0 Å². The molecule has 0 saturated heterocycles. The molecule has 0 saturated carbocycles. The van der Waals surface area contributed by atoms with Crippen LogP contribution in [0.5, 0.6) is 0 Å². The summed E-state index contributed by atoms with van der Waals surface area (Å²) >= 11 is 0. The maximum Gasteiger partial charge on any atom is 0.0340 e. The average Bonchev–Trinajstić information content (AvgIpc) is 2.55. The molecule has 0 amide bonds. The van der Waals surface area contributed by atoms with Gasteiger partial charge in [-0.05, 0) is 42.0 Å². The molecule has 1 N–H and O–H groups in total. The van der Waals surface area contributed by atoms with Crippen LogP contribution < -0.4 is 5.32 Å². The van der Waals surface area contributed by atoms with Gasteiger partial charge in [0.25, 0.3) is 0 Å². The number of anilines is 1. The van der Waals surface area contributed by atoms with Gasteiger partial charge in [-0.1, -0.05) is 69.2 Å². The SMILES string of the molecule is CCCCCc1ccc(NCC(C)c2ccccc2)cc1. The predicted octanol–water partition coefficient (Wildman–Crippen LogP) is 5.63. The summed E-state index contributed by atoms with van der Waals surface area (Å²) in [6.45, 7) is 5.49. The molecule has 1 heteroatoms. The fourth-order valence-corrected chi connectivity index (χ4v) is 2.54. The number of nitrogens with one attached hydrogen (secondary N) is 1. The molecular weight excluding hydrogens is 254 g/mol. The van der Waals surface area contributed by atoms with Crippen LogP contribution in [0.4, 0.5) is 5.69 Å². The third-order valence-corrected chi connectivity index (χ3v) is 4.00. The van der Waals surface area contributed by atoms with Crippen molar-refractivity contribution in [2.75, 3.05) is 11.9 Å². The van der Waals surface area contributed by atoms with E-state index in [0.717, 1.165) is 6.54 Å². The number of hydrogen-bond acceptors (Lipinski definition) is 1. The molecule has 0 aliphatic heterocycles. The van der Waals surface area contributed by atoms with Crippen molar-refractivity contribution in [1.29, 1.82) is 0 Å². The van der Waals surface area contributed by atoms with E-state index in [1.165, 1.54) is 42.5 Å². The minimum atomic E-state index is 0.524. The molecule has 2 aromatic rings. The largest absolute Gasteiger partial charge is 0.384 e. The molecule has 0 radical (unpaired) electrons. The summed E-state index contributed by atoms with van der Waals surface area (Å²) < 4.78 is 0. The van der Waals surface area contributed by atoms with Crippen molar-refractivity contribution in [3.8, 4) is 0 Å². The lowest BCUT2D eigenvalue weighted by Gasteiger charge is -2.14. The Balaban J connectivity index is 1.80. The van der Waals surface area contributed by atoms with Gasteiger partial charge < -0.3 is 5.32 Å². The summed E-state index contributed by atoms with van der Waals surface area (Å²) in [5, 5.41) is 3.54. The number of aryl methyl sites for hydroxylation is 1. The molecule has 0 bridgehead atoms. The van der Waals surface area contributed by atoms with Crippen LogP contribution >= 0.6 is 0 Å². The van der Waals surface area contributed by atoms with E-state index in [4.69, 9.17) is 0 Å². The highest BCUT2D eigenvalue weighted by molar-refractivity contribution is 5.45. The highest BCUT2D eigenvalue weighted by atomic mass is 14.9. The van der Waals surface area contributed by atoms with Gasteiger partial charge >= 0.3 is 0 Å². The van der Waals surface area contributed by atoms with Crippen molar-refractivity contribution in [2.45, 2.75) is 45.4 Å². The first-order valence-electron chi connectivity index (χ1n) is 8.17. The van der Waals surface area contributed by atoms with Crippen LogP contribution in [0.1, 0.15) is 50.2 Å². The number of benzene rings is 2. The van der Waals surface area contributed by atoms with Gasteiger partial charge in [-0.25, -0.2) is 0 Å². The number of hydrogen-bond donors (Lipinski definition) is 1. The Kier molecular flexibility index (Phi) is 6.33. The second kappa shape index (κ2) is 8.51. The predicted molar refractivity (Wildman–Crippen MR) is 93.0 cm³/mol. The van der Waals surface area contributed by atoms with Crippen LogP contribution in [0.15, 0.2) is 54.6 Å². The van der Waals surface area contributed by atoms with E-state index in [1.54, 1.807) is 0 Å². The quantitative estimate of drug-likeness (QED) is 0.618. The lowest BCUT2D eigenvalue weighted by Crippen LogP contribution is -2.09. The Bertz CT molecular complexity index is 501. The minimum absolute atomic E-state index is 0.524. The van der Waals surface area contributed by atoms with Crippen LogP contribution in [0.2, 0.25) is 0 Å². The van der Waals surface area contributed by atoms with Gasteiger partial charge in [0.2, 0.25) is 0 Å². The standard InChI is InChI=1S/C20H27N/c1-3-4-6-9-18-12-14-20(15-13-18)21-16-17(2)19-10-7-5-8-11-19/h5,7-8,10-15,17,21H,3-4,6,9,16H2,1-2H3. The van der Waals surface area contributed by atoms with Crippen molar-refractivity contribution in [3.63, 3.8) is 0 Å². The van der Waals surface area contributed by atoms with Gasteiger partial charge in [-0.2, -0.15) is 0 Å². The Labute approximate surface area is 129 Å². The fourth-order valence-electron chi connectivity index (χ4n) is 2.54. The first-order valence-corrected chi connectivity index (χ1v) is 8.17. The minimum Gasteiger partial charge on any atom is -0.384 e. The highest BCUT2D eigenvalue weighted by Crippen LogP contribution is 2.17. The van der Waals surface area contributed by atoms with Gasteiger partial charge in [0.05, 0.1) is 0 Å². The summed E-state index contributed by atoms with van der Waals surface area (Å²) in [7, 11) is 0. The summed E-state index contributed by atoms with van der Waals surface area (Å²) in [6, 6.07) is 19.6. The van der Waals surface area contributed by atoms with E-state index in [1.807, 2.05) is 0 Å². The van der Waals surface area contributed by atoms with E-state index in [9.17, 15) is 0 Å².